The predicted octanol–water partition coefficient (Wildman–Crippen LogP) is 2.81. The van der Waals surface area contributed by atoms with Crippen molar-refractivity contribution in [1.29, 1.82) is 0 Å². The summed E-state index contributed by atoms with van der Waals surface area (Å²) in [5.41, 5.74) is 1.08. The number of ether oxygens (including phenoxy) is 2. The lowest BCUT2D eigenvalue weighted by atomic mass is 10.1. The third-order valence-corrected chi connectivity index (χ3v) is 5.24. The standard InChI is InChI=1S/C17H20FNO4S/c1-12-10-13(18)8-9-17(12)24(20,21)19-11-16(23-3)14-6-4-5-7-15(14)22-2/h4-10,16,19H,11H2,1-3H3. The van der Waals surface area contributed by atoms with Crippen LogP contribution in [0.25, 0.3) is 0 Å². The number of halogens is 1. The van der Waals surface area contributed by atoms with Gasteiger partial charge < -0.3 is 9.47 Å². The van der Waals surface area contributed by atoms with Crippen LogP contribution >= 0.6 is 0 Å². The molecule has 0 heterocycles. The van der Waals surface area contributed by atoms with Gasteiger partial charge in [-0.15, -0.1) is 0 Å². The Labute approximate surface area is 141 Å². The summed E-state index contributed by atoms with van der Waals surface area (Å²) in [5.74, 6) is 0.136. The number of hydrogen-bond acceptors (Lipinski definition) is 4. The highest BCUT2D eigenvalue weighted by atomic mass is 32.2. The highest BCUT2D eigenvalue weighted by Gasteiger charge is 2.21. The average Bonchev–Trinajstić information content (AvgIpc) is 2.55. The SMILES string of the molecule is COc1ccccc1C(CNS(=O)(=O)c1ccc(F)cc1C)OC. The van der Waals surface area contributed by atoms with Crippen molar-refractivity contribution < 1.29 is 22.3 Å². The smallest absolute Gasteiger partial charge is 0.240 e. The van der Waals surface area contributed by atoms with E-state index in [0.717, 1.165) is 11.6 Å². The average molecular weight is 353 g/mol. The number of methoxy groups -OCH3 is 2. The van der Waals surface area contributed by atoms with Crippen LogP contribution < -0.4 is 9.46 Å². The molecule has 2 aromatic rings. The number of sulfonamides is 1. The predicted molar refractivity (Wildman–Crippen MR) is 89.1 cm³/mol. The van der Waals surface area contributed by atoms with Crippen LogP contribution in [0.2, 0.25) is 0 Å². The van der Waals surface area contributed by atoms with E-state index in [9.17, 15) is 12.8 Å². The van der Waals surface area contributed by atoms with E-state index < -0.39 is 21.9 Å². The molecule has 0 saturated heterocycles. The summed E-state index contributed by atoms with van der Waals surface area (Å²) in [5, 5.41) is 0. The summed E-state index contributed by atoms with van der Waals surface area (Å²) >= 11 is 0. The van der Waals surface area contributed by atoms with Crippen molar-refractivity contribution in [2.45, 2.75) is 17.9 Å². The zero-order chi connectivity index (χ0) is 17.7. The van der Waals surface area contributed by atoms with Crippen LogP contribution in [0, 0.1) is 12.7 Å². The molecule has 0 bridgehead atoms. The number of para-hydroxylation sites is 1. The van der Waals surface area contributed by atoms with Crippen molar-refractivity contribution in [2.24, 2.45) is 0 Å². The number of nitrogens with one attached hydrogen (secondary N) is 1. The Hall–Kier alpha value is -1.96. The van der Waals surface area contributed by atoms with Crippen molar-refractivity contribution in [3.63, 3.8) is 0 Å². The molecule has 1 unspecified atom stereocenters. The lowest BCUT2D eigenvalue weighted by Crippen LogP contribution is -2.30. The number of benzene rings is 2. The monoisotopic (exact) mass is 353 g/mol. The molecule has 0 spiro atoms. The van der Waals surface area contributed by atoms with Gasteiger partial charge in [0, 0.05) is 19.2 Å². The molecule has 1 atom stereocenters. The molecule has 0 aromatic heterocycles. The second kappa shape index (κ2) is 7.74. The van der Waals surface area contributed by atoms with Gasteiger partial charge in [-0.25, -0.2) is 17.5 Å². The van der Waals surface area contributed by atoms with Crippen LogP contribution in [0.4, 0.5) is 4.39 Å². The third kappa shape index (κ3) is 4.11. The van der Waals surface area contributed by atoms with Gasteiger partial charge in [0.1, 0.15) is 11.6 Å². The third-order valence-electron chi connectivity index (χ3n) is 3.66. The van der Waals surface area contributed by atoms with Gasteiger partial charge in [-0.3, -0.25) is 0 Å². The maximum atomic E-state index is 13.2. The summed E-state index contributed by atoms with van der Waals surface area (Å²) in [7, 11) is -0.744. The van der Waals surface area contributed by atoms with E-state index in [1.165, 1.54) is 26.4 Å². The Morgan fingerprint density at radius 3 is 2.50 bits per heavy atom. The highest BCUT2D eigenvalue weighted by Crippen LogP contribution is 2.27. The number of rotatable bonds is 7. The lowest BCUT2D eigenvalue weighted by molar-refractivity contribution is 0.105. The summed E-state index contributed by atoms with van der Waals surface area (Å²) in [4.78, 5) is 0.0405. The molecule has 1 N–H and O–H groups in total. The van der Waals surface area contributed by atoms with Crippen molar-refractivity contribution in [3.05, 3.63) is 59.4 Å². The van der Waals surface area contributed by atoms with Gasteiger partial charge >= 0.3 is 0 Å². The normalized spacial score (nSPS) is 12.8. The molecular weight excluding hydrogens is 333 g/mol. The van der Waals surface area contributed by atoms with E-state index in [0.29, 0.717) is 11.3 Å². The first-order chi connectivity index (χ1) is 11.4. The summed E-state index contributed by atoms with van der Waals surface area (Å²) in [6.45, 7) is 1.57. The number of hydrogen-bond donors (Lipinski definition) is 1. The topological polar surface area (TPSA) is 64.6 Å². The van der Waals surface area contributed by atoms with Crippen molar-refractivity contribution >= 4 is 10.0 Å². The molecule has 130 valence electrons. The van der Waals surface area contributed by atoms with E-state index in [1.807, 2.05) is 18.2 Å². The van der Waals surface area contributed by atoms with E-state index >= 15 is 0 Å². The Kier molecular flexibility index (Phi) is 5.93. The van der Waals surface area contributed by atoms with Crippen LogP contribution in [0.3, 0.4) is 0 Å². The van der Waals surface area contributed by atoms with Crippen LogP contribution in [0.15, 0.2) is 47.4 Å². The van der Waals surface area contributed by atoms with E-state index in [2.05, 4.69) is 4.72 Å². The molecule has 0 saturated carbocycles. The summed E-state index contributed by atoms with van der Waals surface area (Å²) in [6, 6.07) is 10.8. The van der Waals surface area contributed by atoms with E-state index in [4.69, 9.17) is 9.47 Å². The van der Waals surface area contributed by atoms with Gasteiger partial charge in [0.2, 0.25) is 10.0 Å². The van der Waals surface area contributed by atoms with Crippen LogP contribution in [-0.4, -0.2) is 29.2 Å². The maximum Gasteiger partial charge on any atom is 0.240 e. The molecule has 5 nitrogen and oxygen atoms in total. The first-order valence-corrected chi connectivity index (χ1v) is 8.79. The fraction of sp³-hybridized carbons (Fsp3) is 0.294. The molecule has 0 amide bonds. The van der Waals surface area contributed by atoms with Crippen LogP contribution in [0.1, 0.15) is 17.2 Å². The Bertz CT molecular complexity index is 808. The minimum Gasteiger partial charge on any atom is -0.496 e. The van der Waals surface area contributed by atoms with Gasteiger partial charge in [0.05, 0.1) is 18.1 Å². The summed E-state index contributed by atoms with van der Waals surface area (Å²) in [6.07, 6.45) is -0.517. The fourth-order valence-corrected chi connectivity index (χ4v) is 3.69. The molecule has 0 aliphatic rings. The first-order valence-electron chi connectivity index (χ1n) is 7.30. The number of aryl methyl sites for hydroxylation is 1. The Morgan fingerprint density at radius 1 is 1.17 bits per heavy atom. The van der Waals surface area contributed by atoms with Crippen molar-refractivity contribution in [1.82, 2.24) is 4.72 Å². The van der Waals surface area contributed by atoms with Gasteiger partial charge in [-0.05, 0) is 36.8 Å². The molecule has 24 heavy (non-hydrogen) atoms. The molecular formula is C17H20FNO4S. The fourth-order valence-electron chi connectivity index (χ4n) is 2.43. The second-order valence-corrected chi connectivity index (χ2v) is 6.96. The summed E-state index contributed by atoms with van der Waals surface area (Å²) < 4.78 is 51.2. The lowest BCUT2D eigenvalue weighted by Gasteiger charge is -2.19. The first kappa shape index (κ1) is 18.4. The van der Waals surface area contributed by atoms with Crippen LogP contribution in [0.5, 0.6) is 5.75 Å². The molecule has 0 fully saturated rings. The molecule has 2 aromatic carbocycles. The Balaban J connectivity index is 2.20. The van der Waals surface area contributed by atoms with Gasteiger partial charge in [0.25, 0.3) is 0 Å². The molecule has 0 aliphatic heterocycles. The molecule has 0 aliphatic carbocycles. The minimum atomic E-state index is -3.78. The van der Waals surface area contributed by atoms with E-state index in [1.54, 1.807) is 13.0 Å². The minimum absolute atomic E-state index is 0.0238. The van der Waals surface area contributed by atoms with Gasteiger partial charge in [-0.1, -0.05) is 18.2 Å². The second-order valence-electron chi connectivity index (χ2n) is 5.23. The van der Waals surface area contributed by atoms with Crippen molar-refractivity contribution in [2.75, 3.05) is 20.8 Å². The zero-order valence-electron chi connectivity index (χ0n) is 13.7. The molecule has 0 radical (unpaired) electrons. The van der Waals surface area contributed by atoms with E-state index in [-0.39, 0.29) is 11.4 Å². The van der Waals surface area contributed by atoms with Gasteiger partial charge in [0.15, 0.2) is 0 Å². The van der Waals surface area contributed by atoms with Crippen LogP contribution in [-0.2, 0) is 14.8 Å². The van der Waals surface area contributed by atoms with Crippen molar-refractivity contribution in [3.8, 4) is 5.75 Å². The quantitative estimate of drug-likeness (QED) is 0.831. The maximum absolute atomic E-state index is 13.2. The Morgan fingerprint density at radius 2 is 1.88 bits per heavy atom. The molecule has 2 rings (SSSR count). The highest BCUT2D eigenvalue weighted by molar-refractivity contribution is 7.89. The molecule has 7 heteroatoms. The van der Waals surface area contributed by atoms with Gasteiger partial charge in [-0.2, -0.15) is 0 Å². The largest absolute Gasteiger partial charge is 0.496 e. The zero-order valence-corrected chi connectivity index (χ0v) is 14.6.